The number of hydrogen-bond acceptors (Lipinski definition) is 5. The summed E-state index contributed by atoms with van der Waals surface area (Å²) in [5.74, 6) is 1.03. The van der Waals surface area contributed by atoms with Gasteiger partial charge in [-0.3, -0.25) is 9.48 Å². The SMILES string of the molecule is CCn1cc(CNC(=O)c2noc(C)c2COc2cc(C)cc(C)c2)cn1. The van der Waals surface area contributed by atoms with Crippen molar-refractivity contribution in [2.75, 3.05) is 0 Å². The molecule has 2 aromatic heterocycles. The molecular formula is C20H24N4O3. The molecule has 0 atom stereocenters. The van der Waals surface area contributed by atoms with Crippen molar-refractivity contribution in [3.8, 4) is 5.75 Å². The van der Waals surface area contributed by atoms with Gasteiger partial charge in [0.2, 0.25) is 0 Å². The van der Waals surface area contributed by atoms with Gasteiger partial charge in [-0.15, -0.1) is 0 Å². The highest BCUT2D eigenvalue weighted by Gasteiger charge is 2.20. The van der Waals surface area contributed by atoms with E-state index in [9.17, 15) is 4.79 Å². The van der Waals surface area contributed by atoms with Crippen LogP contribution in [0.5, 0.6) is 5.75 Å². The van der Waals surface area contributed by atoms with E-state index in [-0.39, 0.29) is 18.2 Å². The summed E-state index contributed by atoms with van der Waals surface area (Å²) in [5, 5.41) is 11.0. The third-order valence-electron chi connectivity index (χ3n) is 4.24. The molecule has 2 heterocycles. The van der Waals surface area contributed by atoms with E-state index in [1.807, 2.05) is 43.8 Å². The first kappa shape index (κ1) is 18.7. The maximum Gasteiger partial charge on any atom is 0.274 e. The zero-order chi connectivity index (χ0) is 19.4. The predicted octanol–water partition coefficient (Wildman–Crippen LogP) is 3.33. The van der Waals surface area contributed by atoms with Crippen molar-refractivity contribution in [2.24, 2.45) is 0 Å². The van der Waals surface area contributed by atoms with E-state index >= 15 is 0 Å². The van der Waals surface area contributed by atoms with Crippen molar-refractivity contribution in [3.63, 3.8) is 0 Å². The van der Waals surface area contributed by atoms with Gasteiger partial charge < -0.3 is 14.6 Å². The second-order valence-corrected chi connectivity index (χ2v) is 6.56. The monoisotopic (exact) mass is 368 g/mol. The third kappa shape index (κ3) is 4.55. The molecule has 0 fully saturated rings. The Morgan fingerprint density at radius 1 is 1.22 bits per heavy atom. The number of aryl methyl sites for hydroxylation is 4. The second-order valence-electron chi connectivity index (χ2n) is 6.56. The minimum absolute atomic E-state index is 0.217. The topological polar surface area (TPSA) is 82.2 Å². The summed E-state index contributed by atoms with van der Waals surface area (Å²) < 4.78 is 12.9. The van der Waals surface area contributed by atoms with Gasteiger partial charge in [-0.05, 0) is 51.0 Å². The zero-order valence-corrected chi connectivity index (χ0v) is 16.1. The van der Waals surface area contributed by atoms with Gasteiger partial charge in [0, 0.05) is 24.8 Å². The Bertz CT molecular complexity index is 922. The number of rotatable bonds is 7. The Morgan fingerprint density at radius 2 is 1.96 bits per heavy atom. The average Bonchev–Trinajstić information content (AvgIpc) is 3.23. The highest BCUT2D eigenvalue weighted by atomic mass is 16.5. The highest BCUT2D eigenvalue weighted by Crippen LogP contribution is 2.20. The Balaban J connectivity index is 1.66. The maximum absolute atomic E-state index is 12.5. The van der Waals surface area contributed by atoms with Crippen molar-refractivity contribution >= 4 is 5.91 Å². The summed E-state index contributed by atoms with van der Waals surface area (Å²) in [5.41, 5.74) is 4.07. The molecule has 0 radical (unpaired) electrons. The van der Waals surface area contributed by atoms with Crippen LogP contribution < -0.4 is 10.1 Å². The third-order valence-corrected chi connectivity index (χ3v) is 4.24. The van der Waals surface area contributed by atoms with Gasteiger partial charge in [0.05, 0.1) is 11.8 Å². The molecule has 0 spiro atoms. The fourth-order valence-electron chi connectivity index (χ4n) is 2.85. The van der Waals surface area contributed by atoms with Crippen molar-refractivity contribution in [2.45, 2.75) is 47.4 Å². The van der Waals surface area contributed by atoms with Crippen LogP contribution in [-0.2, 0) is 19.7 Å². The lowest BCUT2D eigenvalue weighted by molar-refractivity contribution is 0.0939. The normalized spacial score (nSPS) is 10.8. The first-order chi connectivity index (χ1) is 13.0. The Kier molecular flexibility index (Phi) is 5.59. The Labute approximate surface area is 158 Å². The van der Waals surface area contributed by atoms with E-state index in [1.54, 1.807) is 13.1 Å². The van der Waals surface area contributed by atoms with Crippen LogP contribution in [0.2, 0.25) is 0 Å². The van der Waals surface area contributed by atoms with Crippen molar-refractivity contribution in [1.82, 2.24) is 20.3 Å². The van der Waals surface area contributed by atoms with Crippen LogP contribution in [0.15, 0.2) is 35.1 Å². The lowest BCUT2D eigenvalue weighted by Gasteiger charge is -2.09. The largest absolute Gasteiger partial charge is 0.489 e. The van der Waals surface area contributed by atoms with E-state index in [0.717, 1.165) is 29.0 Å². The number of amides is 1. The standard InChI is InChI=1S/C20H24N4O3/c1-5-24-11-16(10-22-24)9-21-20(25)19-18(15(4)27-23-19)12-26-17-7-13(2)6-14(3)8-17/h6-8,10-11H,5,9,12H2,1-4H3,(H,21,25). The average molecular weight is 368 g/mol. The Hall–Kier alpha value is -3.09. The van der Waals surface area contributed by atoms with Gasteiger partial charge in [0.15, 0.2) is 5.69 Å². The minimum Gasteiger partial charge on any atom is -0.489 e. The molecule has 3 aromatic rings. The van der Waals surface area contributed by atoms with E-state index in [4.69, 9.17) is 9.26 Å². The molecule has 0 aliphatic carbocycles. The second kappa shape index (κ2) is 8.07. The summed E-state index contributed by atoms with van der Waals surface area (Å²) in [6.45, 7) is 9.20. The number of benzene rings is 1. The van der Waals surface area contributed by atoms with E-state index in [0.29, 0.717) is 17.9 Å². The van der Waals surface area contributed by atoms with E-state index in [2.05, 4.69) is 21.6 Å². The first-order valence-corrected chi connectivity index (χ1v) is 8.92. The number of aromatic nitrogens is 3. The highest BCUT2D eigenvalue weighted by molar-refractivity contribution is 5.93. The van der Waals surface area contributed by atoms with Crippen LogP contribution in [-0.4, -0.2) is 20.8 Å². The van der Waals surface area contributed by atoms with Crippen molar-refractivity contribution in [1.29, 1.82) is 0 Å². The lowest BCUT2D eigenvalue weighted by atomic mass is 10.1. The molecule has 1 N–H and O–H groups in total. The number of carbonyl (C=O) groups is 1. The summed E-state index contributed by atoms with van der Waals surface area (Å²) in [6, 6.07) is 6.00. The van der Waals surface area contributed by atoms with Gasteiger partial charge in [0.1, 0.15) is 18.1 Å². The summed E-state index contributed by atoms with van der Waals surface area (Å²) in [7, 11) is 0. The lowest BCUT2D eigenvalue weighted by Crippen LogP contribution is -2.24. The Morgan fingerprint density at radius 3 is 2.63 bits per heavy atom. The molecule has 0 unspecified atom stereocenters. The molecule has 1 aromatic carbocycles. The van der Waals surface area contributed by atoms with Crippen LogP contribution in [0.25, 0.3) is 0 Å². The zero-order valence-electron chi connectivity index (χ0n) is 16.1. The van der Waals surface area contributed by atoms with Gasteiger partial charge in [-0.2, -0.15) is 5.10 Å². The molecule has 0 aliphatic heterocycles. The van der Waals surface area contributed by atoms with Crippen LogP contribution in [0.1, 0.15) is 45.4 Å². The fraction of sp³-hybridized carbons (Fsp3) is 0.350. The number of nitrogens with zero attached hydrogens (tertiary/aromatic N) is 3. The number of hydrogen-bond donors (Lipinski definition) is 1. The molecule has 27 heavy (non-hydrogen) atoms. The molecule has 1 amide bonds. The molecule has 0 saturated carbocycles. The first-order valence-electron chi connectivity index (χ1n) is 8.92. The minimum atomic E-state index is -0.296. The predicted molar refractivity (Wildman–Crippen MR) is 101 cm³/mol. The molecule has 3 rings (SSSR count). The van der Waals surface area contributed by atoms with Crippen LogP contribution >= 0.6 is 0 Å². The smallest absolute Gasteiger partial charge is 0.274 e. The number of nitrogens with one attached hydrogen (secondary N) is 1. The molecule has 0 aliphatic rings. The molecule has 0 saturated heterocycles. The summed E-state index contributed by atoms with van der Waals surface area (Å²) in [4.78, 5) is 12.5. The van der Waals surface area contributed by atoms with E-state index < -0.39 is 0 Å². The number of ether oxygens (including phenoxy) is 1. The van der Waals surface area contributed by atoms with Gasteiger partial charge in [-0.1, -0.05) is 11.2 Å². The molecule has 0 bridgehead atoms. The van der Waals surface area contributed by atoms with E-state index in [1.165, 1.54) is 0 Å². The molecule has 7 heteroatoms. The van der Waals surface area contributed by atoms with Crippen molar-refractivity contribution < 1.29 is 14.1 Å². The van der Waals surface area contributed by atoms with Crippen molar-refractivity contribution in [3.05, 3.63) is 64.3 Å². The fourth-order valence-corrected chi connectivity index (χ4v) is 2.85. The summed E-state index contributed by atoms with van der Waals surface area (Å²) >= 11 is 0. The molecule has 7 nitrogen and oxygen atoms in total. The van der Waals surface area contributed by atoms with Crippen LogP contribution in [0.3, 0.4) is 0 Å². The molecular weight excluding hydrogens is 344 g/mol. The quantitative estimate of drug-likeness (QED) is 0.692. The number of carbonyl (C=O) groups excluding carboxylic acids is 1. The maximum atomic E-state index is 12.5. The van der Waals surface area contributed by atoms with Crippen LogP contribution in [0, 0.1) is 20.8 Å². The van der Waals surface area contributed by atoms with Gasteiger partial charge in [0.25, 0.3) is 5.91 Å². The van der Waals surface area contributed by atoms with Gasteiger partial charge in [-0.25, -0.2) is 0 Å². The molecule has 142 valence electrons. The summed E-state index contributed by atoms with van der Waals surface area (Å²) in [6.07, 6.45) is 3.64. The van der Waals surface area contributed by atoms with Crippen LogP contribution in [0.4, 0.5) is 0 Å². The van der Waals surface area contributed by atoms with Gasteiger partial charge >= 0.3 is 0 Å².